The standard InChI is InChI=1S/C11H21N3O2/c12-11(15)10-8-16-6-5-14(10)7-9-3-1-2-4-13-9/h9-10,13H,1-8H2,(H2,12,15). The predicted octanol–water partition coefficient (Wildman–Crippen LogP) is -0.685. The molecule has 0 spiro atoms. The van der Waals surface area contributed by atoms with E-state index in [1.165, 1.54) is 19.3 Å². The monoisotopic (exact) mass is 227 g/mol. The normalized spacial score (nSPS) is 32.5. The number of ether oxygens (including phenoxy) is 1. The zero-order valence-electron chi connectivity index (χ0n) is 9.65. The SMILES string of the molecule is NC(=O)C1COCCN1CC1CCCCN1. The molecule has 16 heavy (non-hydrogen) atoms. The van der Waals surface area contributed by atoms with E-state index in [-0.39, 0.29) is 11.9 Å². The van der Waals surface area contributed by atoms with Gasteiger partial charge in [0.25, 0.3) is 0 Å². The Balaban J connectivity index is 1.87. The van der Waals surface area contributed by atoms with Crippen LogP contribution < -0.4 is 11.1 Å². The molecule has 5 nitrogen and oxygen atoms in total. The molecule has 0 aromatic carbocycles. The van der Waals surface area contributed by atoms with Gasteiger partial charge in [0.15, 0.2) is 0 Å². The minimum atomic E-state index is -0.268. The lowest BCUT2D eigenvalue weighted by Crippen LogP contribution is -2.56. The maximum Gasteiger partial charge on any atom is 0.237 e. The Kier molecular flexibility index (Phi) is 4.15. The topological polar surface area (TPSA) is 67.6 Å². The first kappa shape index (κ1) is 11.8. The van der Waals surface area contributed by atoms with Gasteiger partial charge in [0.1, 0.15) is 6.04 Å². The van der Waals surface area contributed by atoms with Gasteiger partial charge in [-0.15, -0.1) is 0 Å². The van der Waals surface area contributed by atoms with Gasteiger partial charge >= 0.3 is 0 Å². The number of carbonyl (C=O) groups is 1. The van der Waals surface area contributed by atoms with Crippen molar-refractivity contribution in [3.05, 3.63) is 0 Å². The Hall–Kier alpha value is -0.650. The second-order valence-corrected chi connectivity index (χ2v) is 4.63. The second-order valence-electron chi connectivity index (χ2n) is 4.63. The van der Waals surface area contributed by atoms with Gasteiger partial charge in [0, 0.05) is 19.1 Å². The Morgan fingerprint density at radius 2 is 2.38 bits per heavy atom. The fourth-order valence-electron chi connectivity index (χ4n) is 2.48. The molecule has 2 atom stereocenters. The number of primary amides is 1. The maximum absolute atomic E-state index is 11.3. The van der Waals surface area contributed by atoms with Gasteiger partial charge in [-0.2, -0.15) is 0 Å². The van der Waals surface area contributed by atoms with E-state index in [2.05, 4.69) is 10.2 Å². The van der Waals surface area contributed by atoms with Crippen LogP contribution >= 0.6 is 0 Å². The molecule has 0 bridgehead atoms. The van der Waals surface area contributed by atoms with Gasteiger partial charge in [0.05, 0.1) is 13.2 Å². The van der Waals surface area contributed by atoms with Gasteiger partial charge in [0.2, 0.25) is 5.91 Å². The molecule has 5 heteroatoms. The highest BCUT2D eigenvalue weighted by Crippen LogP contribution is 2.12. The van der Waals surface area contributed by atoms with Gasteiger partial charge in [-0.05, 0) is 19.4 Å². The average Bonchev–Trinajstić information content (AvgIpc) is 2.31. The first-order valence-corrected chi connectivity index (χ1v) is 6.12. The van der Waals surface area contributed by atoms with Gasteiger partial charge in [-0.25, -0.2) is 0 Å². The lowest BCUT2D eigenvalue weighted by Gasteiger charge is -2.37. The van der Waals surface area contributed by atoms with E-state index < -0.39 is 0 Å². The lowest BCUT2D eigenvalue weighted by atomic mass is 10.0. The van der Waals surface area contributed by atoms with Crippen LogP contribution in [0.1, 0.15) is 19.3 Å². The van der Waals surface area contributed by atoms with Crippen LogP contribution in [0.15, 0.2) is 0 Å². The van der Waals surface area contributed by atoms with E-state index in [0.717, 1.165) is 19.6 Å². The Morgan fingerprint density at radius 1 is 1.50 bits per heavy atom. The lowest BCUT2D eigenvalue weighted by molar-refractivity contribution is -0.129. The summed E-state index contributed by atoms with van der Waals surface area (Å²) in [4.78, 5) is 13.4. The fraction of sp³-hybridized carbons (Fsp3) is 0.909. The Labute approximate surface area is 96.3 Å². The van der Waals surface area contributed by atoms with Crippen molar-refractivity contribution in [1.82, 2.24) is 10.2 Å². The number of piperidine rings is 1. The van der Waals surface area contributed by atoms with Crippen LogP contribution in [0.3, 0.4) is 0 Å². The molecule has 92 valence electrons. The fourth-order valence-corrected chi connectivity index (χ4v) is 2.48. The molecule has 0 radical (unpaired) electrons. The molecule has 2 aliphatic heterocycles. The smallest absolute Gasteiger partial charge is 0.237 e. The molecule has 0 aromatic heterocycles. The summed E-state index contributed by atoms with van der Waals surface area (Å²) in [6, 6.07) is 0.270. The van der Waals surface area contributed by atoms with Crippen LogP contribution in [0.5, 0.6) is 0 Å². The van der Waals surface area contributed by atoms with Gasteiger partial charge < -0.3 is 15.8 Å². The minimum Gasteiger partial charge on any atom is -0.378 e. The van der Waals surface area contributed by atoms with Crippen molar-refractivity contribution < 1.29 is 9.53 Å². The average molecular weight is 227 g/mol. The third-order valence-electron chi connectivity index (χ3n) is 3.44. The number of nitrogens with two attached hydrogens (primary N) is 1. The third kappa shape index (κ3) is 2.93. The number of carbonyl (C=O) groups excluding carboxylic acids is 1. The number of morpholine rings is 1. The van der Waals surface area contributed by atoms with Crippen molar-refractivity contribution in [2.45, 2.75) is 31.3 Å². The van der Waals surface area contributed by atoms with E-state index in [9.17, 15) is 4.79 Å². The first-order chi connectivity index (χ1) is 7.77. The maximum atomic E-state index is 11.3. The van der Waals surface area contributed by atoms with Crippen LogP contribution in [0.25, 0.3) is 0 Å². The molecular formula is C11H21N3O2. The first-order valence-electron chi connectivity index (χ1n) is 6.12. The molecule has 2 aliphatic rings. The number of nitrogens with zero attached hydrogens (tertiary/aromatic N) is 1. The highest BCUT2D eigenvalue weighted by Gasteiger charge is 2.29. The third-order valence-corrected chi connectivity index (χ3v) is 3.44. The second kappa shape index (κ2) is 5.61. The molecule has 2 rings (SSSR count). The van der Waals surface area contributed by atoms with Crippen LogP contribution in [-0.4, -0.2) is 55.7 Å². The van der Waals surface area contributed by atoms with Crippen LogP contribution in [0.2, 0.25) is 0 Å². The number of amides is 1. The summed E-state index contributed by atoms with van der Waals surface area (Å²) in [7, 11) is 0. The molecule has 2 saturated heterocycles. The highest BCUT2D eigenvalue weighted by atomic mass is 16.5. The van der Waals surface area contributed by atoms with E-state index in [0.29, 0.717) is 19.3 Å². The van der Waals surface area contributed by atoms with Crippen LogP contribution in [-0.2, 0) is 9.53 Å². The largest absolute Gasteiger partial charge is 0.378 e. The number of hydrogen-bond acceptors (Lipinski definition) is 4. The summed E-state index contributed by atoms with van der Waals surface area (Å²) in [5.41, 5.74) is 5.38. The Bertz CT molecular complexity index is 241. The van der Waals surface area contributed by atoms with E-state index in [1.54, 1.807) is 0 Å². The predicted molar refractivity (Wildman–Crippen MR) is 61.0 cm³/mol. The molecule has 2 heterocycles. The Morgan fingerprint density at radius 3 is 3.06 bits per heavy atom. The molecule has 0 saturated carbocycles. The van der Waals surface area contributed by atoms with Crippen LogP contribution in [0, 0.1) is 0 Å². The summed E-state index contributed by atoms with van der Waals surface area (Å²) in [5.74, 6) is -0.268. The van der Waals surface area contributed by atoms with Crippen molar-refractivity contribution in [2.75, 3.05) is 32.8 Å². The summed E-state index contributed by atoms with van der Waals surface area (Å²) in [6.07, 6.45) is 3.74. The summed E-state index contributed by atoms with van der Waals surface area (Å²) in [6.45, 7) is 3.97. The van der Waals surface area contributed by atoms with E-state index >= 15 is 0 Å². The summed E-state index contributed by atoms with van der Waals surface area (Å²) >= 11 is 0. The van der Waals surface area contributed by atoms with E-state index in [4.69, 9.17) is 10.5 Å². The van der Waals surface area contributed by atoms with Crippen LogP contribution in [0.4, 0.5) is 0 Å². The van der Waals surface area contributed by atoms with Crippen molar-refractivity contribution in [3.8, 4) is 0 Å². The molecule has 2 fully saturated rings. The number of nitrogens with one attached hydrogen (secondary N) is 1. The van der Waals surface area contributed by atoms with Crippen molar-refractivity contribution in [2.24, 2.45) is 5.73 Å². The molecular weight excluding hydrogens is 206 g/mol. The number of rotatable bonds is 3. The number of hydrogen-bond donors (Lipinski definition) is 2. The molecule has 0 aliphatic carbocycles. The quantitative estimate of drug-likeness (QED) is 0.670. The van der Waals surface area contributed by atoms with Crippen molar-refractivity contribution in [3.63, 3.8) is 0 Å². The van der Waals surface area contributed by atoms with Crippen molar-refractivity contribution >= 4 is 5.91 Å². The molecule has 0 aromatic rings. The van der Waals surface area contributed by atoms with Gasteiger partial charge in [-0.3, -0.25) is 9.69 Å². The molecule has 2 unspecified atom stereocenters. The van der Waals surface area contributed by atoms with Gasteiger partial charge in [-0.1, -0.05) is 6.42 Å². The summed E-state index contributed by atoms with van der Waals surface area (Å²) in [5, 5.41) is 3.49. The zero-order chi connectivity index (χ0) is 11.4. The summed E-state index contributed by atoms with van der Waals surface area (Å²) < 4.78 is 5.30. The van der Waals surface area contributed by atoms with Crippen molar-refractivity contribution in [1.29, 1.82) is 0 Å². The molecule has 1 amide bonds. The molecule has 3 N–H and O–H groups in total. The zero-order valence-corrected chi connectivity index (χ0v) is 9.65. The highest BCUT2D eigenvalue weighted by molar-refractivity contribution is 5.80. The minimum absolute atomic E-state index is 0.238. The van der Waals surface area contributed by atoms with E-state index in [1.807, 2.05) is 0 Å².